The molecule has 0 bridgehead atoms. The van der Waals surface area contributed by atoms with Crippen LogP contribution in [0.25, 0.3) is 0 Å². The molecule has 0 unspecified atom stereocenters. The van der Waals surface area contributed by atoms with Gasteiger partial charge in [-0.25, -0.2) is 0 Å². The molecule has 0 amide bonds. The zero-order valence-electron chi connectivity index (χ0n) is 8.65. The van der Waals surface area contributed by atoms with E-state index in [1.54, 1.807) is 0 Å². The first-order chi connectivity index (χ1) is 6.33. The van der Waals surface area contributed by atoms with E-state index in [2.05, 4.69) is 35.3 Å². The lowest BCUT2D eigenvalue weighted by atomic mass is 10.2. The topological polar surface area (TPSA) is 30.3 Å². The fourth-order valence-corrected chi connectivity index (χ4v) is 1.43. The Morgan fingerprint density at radius 2 is 2.07 bits per heavy atom. The lowest BCUT2D eigenvalue weighted by Crippen LogP contribution is -2.23. The average molecular weight is 260 g/mol. The van der Waals surface area contributed by atoms with Gasteiger partial charge in [0.2, 0.25) is 0 Å². The molecule has 0 aliphatic carbocycles. The maximum atomic E-state index is 8.33. The van der Waals surface area contributed by atoms with Gasteiger partial charge in [-0.15, -0.1) is 17.0 Å². The van der Waals surface area contributed by atoms with Crippen molar-refractivity contribution in [1.29, 1.82) is 5.26 Å². The highest BCUT2D eigenvalue weighted by atomic mass is 79.9. The number of unbranched alkanes of at least 4 members (excludes halogenated alkanes) is 3. The molecular weight excluding hydrogens is 242 g/mol. The van der Waals surface area contributed by atoms with Crippen molar-refractivity contribution in [3.8, 4) is 6.07 Å². The van der Waals surface area contributed by atoms with Gasteiger partial charge in [-0.05, 0) is 12.8 Å². The first kappa shape index (κ1) is 13.3. The lowest BCUT2D eigenvalue weighted by molar-refractivity contribution is 0.291. The monoisotopic (exact) mass is 259 g/mol. The van der Waals surface area contributed by atoms with Crippen LogP contribution in [0.3, 0.4) is 0 Å². The largest absolute Gasteiger partial charge is 0.362 e. The fourth-order valence-electron chi connectivity index (χ4n) is 1.43. The molecule has 0 aromatic heterocycles. The fraction of sp³-hybridized carbons (Fsp3) is 0.700. The molecule has 0 aromatic carbocycles. The Morgan fingerprint density at radius 3 is 2.64 bits per heavy atom. The molecule has 14 heavy (non-hydrogen) atoms. The van der Waals surface area contributed by atoms with E-state index in [1.807, 2.05) is 0 Å². The van der Waals surface area contributed by atoms with Gasteiger partial charge in [0.15, 0.2) is 0 Å². The van der Waals surface area contributed by atoms with E-state index in [-0.39, 0.29) is 17.0 Å². The normalized spacial score (nSPS) is 14.0. The quantitative estimate of drug-likeness (QED) is 0.711. The molecule has 0 spiro atoms. The van der Waals surface area contributed by atoms with Gasteiger partial charge in [0, 0.05) is 32.4 Å². The summed E-state index contributed by atoms with van der Waals surface area (Å²) in [5, 5.41) is 8.33. The number of rotatable bonds is 5. The second-order valence-electron chi connectivity index (χ2n) is 3.48. The van der Waals surface area contributed by atoms with Crippen LogP contribution in [-0.2, 0) is 0 Å². The Hall–Kier alpha value is -0.690. The maximum absolute atomic E-state index is 8.33. The number of nitrogens with zero attached hydrogens (tertiary/aromatic N) is 3. The van der Waals surface area contributed by atoms with E-state index in [1.165, 1.54) is 12.8 Å². The van der Waals surface area contributed by atoms with E-state index in [4.69, 9.17) is 5.26 Å². The lowest BCUT2D eigenvalue weighted by Gasteiger charge is -2.17. The summed E-state index contributed by atoms with van der Waals surface area (Å²) in [4.78, 5) is 4.46. The van der Waals surface area contributed by atoms with Gasteiger partial charge in [0.25, 0.3) is 0 Å². The third-order valence-corrected chi connectivity index (χ3v) is 2.17. The van der Waals surface area contributed by atoms with Crippen molar-refractivity contribution >= 4 is 17.0 Å². The highest BCUT2D eigenvalue weighted by Gasteiger charge is 2.06. The molecule has 1 heterocycles. The Balaban J connectivity index is 0.00000169. The molecular formula is C10H18BrN3. The van der Waals surface area contributed by atoms with Crippen LogP contribution < -0.4 is 0 Å². The first-order valence-electron chi connectivity index (χ1n) is 4.82. The molecule has 3 nitrogen and oxygen atoms in total. The molecule has 0 saturated heterocycles. The van der Waals surface area contributed by atoms with E-state index < -0.39 is 0 Å². The summed E-state index contributed by atoms with van der Waals surface area (Å²) in [6.07, 6.45) is 8.33. The summed E-state index contributed by atoms with van der Waals surface area (Å²) >= 11 is 0. The third-order valence-electron chi connectivity index (χ3n) is 2.17. The van der Waals surface area contributed by atoms with Crippen LogP contribution in [0.1, 0.15) is 25.7 Å². The molecule has 1 aliphatic rings. The van der Waals surface area contributed by atoms with Crippen molar-refractivity contribution in [3.05, 3.63) is 12.4 Å². The van der Waals surface area contributed by atoms with Gasteiger partial charge < -0.3 is 9.80 Å². The van der Waals surface area contributed by atoms with Gasteiger partial charge in [-0.2, -0.15) is 5.26 Å². The van der Waals surface area contributed by atoms with Gasteiger partial charge >= 0.3 is 0 Å². The predicted molar refractivity (Wildman–Crippen MR) is 62.9 cm³/mol. The van der Waals surface area contributed by atoms with E-state index in [0.717, 1.165) is 19.6 Å². The molecule has 0 N–H and O–H groups in total. The molecule has 80 valence electrons. The van der Waals surface area contributed by atoms with Crippen molar-refractivity contribution in [2.75, 3.05) is 20.3 Å². The van der Waals surface area contributed by atoms with Gasteiger partial charge in [0.1, 0.15) is 0 Å². The molecule has 0 fully saturated rings. The van der Waals surface area contributed by atoms with E-state index >= 15 is 0 Å². The number of hydrogen-bond acceptors (Lipinski definition) is 3. The predicted octanol–water partition coefficient (Wildman–Crippen LogP) is 2.32. The van der Waals surface area contributed by atoms with Crippen molar-refractivity contribution in [3.63, 3.8) is 0 Å². The minimum Gasteiger partial charge on any atom is -0.362 e. The molecule has 1 rings (SSSR count). The van der Waals surface area contributed by atoms with Crippen LogP contribution >= 0.6 is 17.0 Å². The van der Waals surface area contributed by atoms with Crippen molar-refractivity contribution < 1.29 is 0 Å². The van der Waals surface area contributed by atoms with E-state index in [0.29, 0.717) is 6.42 Å². The Labute approximate surface area is 96.8 Å². The summed E-state index contributed by atoms with van der Waals surface area (Å²) < 4.78 is 0. The van der Waals surface area contributed by atoms with Crippen molar-refractivity contribution in [1.82, 2.24) is 9.80 Å². The summed E-state index contributed by atoms with van der Waals surface area (Å²) in [5.41, 5.74) is 0. The van der Waals surface area contributed by atoms with E-state index in [9.17, 15) is 0 Å². The molecule has 0 saturated carbocycles. The minimum absolute atomic E-state index is 0. The molecule has 0 radical (unpaired) electrons. The average Bonchev–Trinajstić information content (AvgIpc) is 2.51. The van der Waals surface area contributed by atoms with Crippen LogP contribution in [-0.4, -0.2) is 30.1 Å². The number of hydrogen-bond donors (Lipinski definition) is 0. The van der Waals surface area contributed by atoms with Crippen LogP contribution in [0.2, 0.25) is 0 Å². The zero-order chi connectivity index (χ0) is 9.52. The molecule has 0 aromatic rings. The Morgan fingerprint density at radius 1 is 1.29 bits per heavy atom. The highest BCUT2D eigenvalue weighted by molar-refractivity contribution is 8.93. The maximum Gasteiger partial charge on any atom is 0.0890 e. The summed E-state index contributed by atoms with van der Waals surface area (Å²) in [6.45, 7) is 2.13. The first-order valence-corrected chi connectivity index (χ1v) is 4.82. The van der Waals surface area contributed by atoms with Crippen molar-refractivity contribution in [2.45, 2.75) is 25.7 Å². The van der Waals surface area contributed by atoms with Crippen LogP contribution in [0, 0.1) is 11.3 Å². The number of halogens is 1. The smallest absolute Gasteiger partial charge is 0.0890 e. The SMILES string of the molecule is Br.CN1C=CN(CCCCCC#N)C1. The summed E-state index contributed by atoms with van der Waals surface area (Å²) in [6, 6.07) is 2.17. The Bertz CT molecular complexity index is 210. The third kappa shape index (κ3) is 5.13. The van der Waals surface area contributed by atoms with Crippen molar-refractivity contribution in [2.24, 2.45) is 0 Å². The molecule has 4 heteroatoms. The Kier molecular flexibility index (Phi) is 7.31. The standard InChI is InChI=1S/C10H17N3.BrH/c1-12-8-9-13(10-12)7-5-3-2-4-6-11;/h8-9H,2-5,7,10H2,1H3;1H. The minimum atomic E-state index is 0. The summed E-state index contributed by atoms with van der Waals surface area (Å²) in [5.74, 6) is 0. The number of nitriles is 1. The zero-order valence-corrected chi connectivity index (χ0v) is 10.4. The van der Waals surface area contributed by atoms with Gasteiger partial charge in [0.05, 0.1) is 12.7 Å². The highest BCUT2D eigenvalue weighted by Crippen LogP contribution is 2.06. The van der Waals surface area contributed by atoms with Crippen LogP contribution in [0.5, 0.6) is 0 Å². The van der Waals surface area contributed by atoms with Crippen LogP contribution in [0.15, 0.2) is 12.4 Å². The molecule has 0 atom stereocenters. The summed E-state index contributed by atoms with van der Waals surface area (Å²) in [7, 11) is 2.08. The van der Waals surface area contributed by atoms with Gasteiger partial charge in [-0.1, -0.05) is 6.42 Å². The molecule has 1 aliphatic heterocycles. The second kappa shape index (κ2) is 7.69. The van der Waals surface area contributed by atoms with Crippen LogP contribution in [0.4, 0.5) is 0 Å². The van der Waals surface area contributed by atoms with Gasteiger partial charge in [-0.3, -0.25) is 0 Å². The second-order valence-corrected chi connectivity index (χ2v) is 3.48.